The number of hydrogen-bond donors (Lipinski definition) is 1. The Morgan fingerprint density at radius 1 is 1.27 bits per heavy atom. The van der Waals surface area contributed by atoms with Crippen LogP contribution < -0.4 is 5.32 Å². The third-order valence-corrected chi connectivity index (χ3v) is 3.50. The summed E-state index contributed by atoms with van der Waals surface area (Å²) in [6.45, 7) is -0.322. The molecule has 2 aromatic carbocycles. The smallest absolute Gasteiger partial charge is 0.292 e. The molecule has 0 aliphatic rings. The fraction of sp³-hybridized carbons (Fsp3) is 0.0667. The van der Waals surface area contributed by atoms with E-state index in [1.165, 1.54) is 42.5 Å². The van der Waals surface area contributed by atoms with Crippen LogP contribution in [0.3, 0.4) is 0 Å². The van der Waals surface area contributed by atoms with Gasteiger partial charge in [0.15, 0.2) is 0 Å². The van der Waals surface area contributed by atoms with Crippen LogP contribution in [0.25, 0.3) is 11.4 Å². The van der Waals surface area contributed by atoms with Crippen LogP contribution in [0.2, 0.25) is 5.02 Å². The van der Waals surface area contributed by atoms with Gasteiger partial charge < -0.3 is 5.32 Å². The van der Waals surface area contributed by atoms with Crippen molar-refractivity contribution in [2.75, 3.05) is 5.32 Å². The van der Waals surface area contributed by atoms with Crippen molar-refractivity contribution < 1.29 is 14.1 Å². The van der Waals surface area contributed by atoms with Gasteiger partial charge in [0.25, 0.3) is 5.69 Å². The highest BCUT2D eigenvalue weighted by atomic mass is 35.5. The Morgan fingerprint density at radius 2 is 2.00 bits per heavy atom. The predicted octanol–water partition coefficient (Wildman–Crippen LogP) is 2.68. The lowest BCUT2D eigenvalue weighted by molar-refractivity contribution is -0.383. The van der Waals surface area contributed by atoms with E-state index >= 15 is 0 Å². The number of hydrogen-bond acceptors (Lipinski definition) is 6. The van der Waals surface area contributed by atoms with Crippen molar-refractivity contribution in [2.45, 2.75) is 6.54 Å². The van der Waals surface area contributed by atoms with Crippen molar-refractivity contribution in [1.29, 1.82) is 0 Å². The Labute approximate surface area is 150 Å². The Balaban J connectivity index is 1.72. The molecule has 1 heterocycles. The second-order valence-electron chi connectivity index (χ2n) is 5.12. The number of aromatic nitrogens is 4. The Kier molecular flexibility index (Phi) is 4.85. The first-order chi connectivity index (χ1) is 12.4. The monoisotopic (exact) mass is 376 g/mol. The van der Waals surface area contributed by atoms with Crippen LogP contribution in [0.5, 0.6) is 0 Å². The summed E-state index contributed by atoms with van der Waals surface area (Å²) in [5.74, 6) is -0.784. The van der Waals surface area contributed by atoms with Crippen molar-refractivity contribution >= 4 is 28.9 Å². The Hall–Kier alpha value is -3.40. The molecule has 0 saturated carbocycles. The van der Waals surface area contributed by atoms with Crippen LogP contribution in [0.1, 0.15) is 0 Å². The molecule has 0 aliphatic carbocycles. The Bertz CT molecular complexity index is 976. The molecule has 1 N–H and O–H groups in total. The first kappa shape index (κ1) is 17.4. The molecule has 132 valence electrons. The number of amides is 1. The summed E-state index contributed by atoms with van der Waals surface area (Å²) in [6.07, 6.45) is 0. The minimum Gasteiger partial charge on any atom is -0.319 e. The molecule has 0 atom stereocenters. The van der Waals surface area contributed by atoms with Crippen LogP contribution in [0, 0.1) is 15.9 Å². The third-order valence-electron chi connectivity index (χ3n) is 3.27. The number of anilines is 1. The SMILES string of the molecule is O=C(Cn1nnc(-c2ccc(F)cc2)n1)Nc1cc(Cl)ccc1[N+](=O)[O-]. The lowest BCUT2D eigenvalue weighted by Crippen LogP contribution is -2.21. The van der Waals surface area contributed by atoms with E-state index in [9.17, 15) is 19.3 Å². The van der Waals surface area contributed by atoms with E-state index in [1.54, 1.807) is 0 Å². The van der Waals surface area contributed by atoms with Gasteiger partial charge in [-0.15, -0.1) is 10.2 Å². The second-order valence-corrected chi connectivity index (χ2v) is 5.55. The summed E-state index contributed by atoms with van der Waals surface area (Å²) >= 11 is 5.81. The summed E-state index contributed by atoms with van der Waals surface area (Å²) in [4.78, 5) is 23.5. The van der Waals surface area contributed by atoms with E-state index in [-0.39, 0.29) is 28.8 Å². The maximum atomic E-state index is 12.9. The van der Waals surface area contributed by atoms with E-state index in [0.717, 1.165) is 4.80 Å². The molecule has 3 rings (SSSR count). The van der Waals surface area contributed by atoms with Gasteiger partial charge in [-0.25, -0.2) is 4.39 Å². The van der Waals surface area contributed by atoms with Crippen LogP contribution in [0.4, 0.5) is 15.8 Å². The molecule has 0 spiro atoms. The number of nitro benzene ring substituents is 1. The summed E-state index contributed by atoms with van der Waals surface area (Å²) in [5, 5.41) is 25.2. The van der Waals surface area contributed by atoms with Crippen molar-refractivity contribution in [3.63, 3.8) is 0 Å². The average Bonchev–Trinajstić information content (AvgIpc) is 3.03. The predicted molar refractivity (Wildman–Crippen MR) is 89.9 cm³/mol. The maximum absolute atomic E-state index is 12.9. The van der Waals surface area contributed by atoms with Gasteiger partial charge in [0.2, 0.25) is 11.7 Å². The number of carbonyl (C=O) groups excluding carboxylic acids is 1. The second kappa shape index (κ2) is 7.23. The number of nitro groups is 1. The zero-order valence-electron chi connectivity index (χ0n) is 13.0. The lowest BCUT2D eigenvalue weighted by atomic mass is 10.2. The molecule has 3 aromatic rings. The summed E-state index contributed by atoms with van der Waals surface area (Å²) in [7, 11) is 0. The summed E-state index contributed by atoms with van der Waals surface area (Å²) in [6, 6.07) is 9.28. The van der Waals surface area contributed by atoms with Crippen molar-refractivity contribution in [2.24, 2.45) is 0 Å². The van der Waals surface area contributed by atoms with E-state index in [1.807, 2.05) is 0 Å². The first-order valence-electron chi connectivity index (χ1n) is 7.20. The van der Waals surface area contributed by atoms with E-state index in [0.29, 0.717) is 5.56 Å². The third kappa shape index (κ3) is 3.98. The number of nitrogens with zero attached hydrogens (tertiary/aromatic N) is 5. The normalized spacial score (nSPS) is 10.5. The molecule has 1 amide bonds. The highest BCUT2D eigenvalue weighted by Gasteiger charge is 2.17. The lowest BCUT2D eigenvalue weighted by Gasteiger charge is -2.05. The van der Waals surface area contributed by atoms with Crippen molar-refractivity contribution in [3.05, 3.63) is 63.4 Å². The standard InChI is InChI=1S/C15H10ClFN6O3/c16-10-3-6-13(23(25)26)12(7-10)18-14(24)8-22-20-15(19-21-22)9-1-4-11(17)5-2-9/h1-7H,8H2,(H,18,24). The molecule has 0 saturated heterocycles. The first-order valence-corrected chi connectivity index (χ1v) is 7.58. The number of tetrazole rings is 1. The van der Waals surface area contributed by atoms with Gasteiger partial charge in [-0.1, -0.05) is 11.6 Å². The van der Waals surface area contributed by atoms with Gasteiger partial charge in [0.05, 0.1) is 4.92 Å². The van der Waals surface area contributed by atoms with Crippen molar-refractivity contribution in [1.82, 2.24) is 20.2 Å². The van der Waals surface area contributed by atoms with Crippen LogP contribution in [-0.2, 0) is 11.3 Å². The fourth-order valence-electron chi connectivity index (χ4n) is 2.11. The van der Waals surface area contributed by atoms with Crippen LogP contribution in [-0.4, -0.2) is 31.0 Å². The number of benzene rings is 2. The molecule has 0 fully saturated rings. The molecular formula is C15H10ClFN6O3. The van der Waals surface area contributed by atoms with Crippen LogP contribution >= 0.6 is 11.6 Å². The largest absolute Gasteiger partial charge is 0.319 e. The van der Waals surface area contributed by atoms with E-state index in [4.69, 9.17) is 11.6 Å². The van der Waals surface area contributed by atoms with E-state index in [2.05, 4.69) is 20.7 Å². The fourth-order valence-corrected chi connectivity index (χ4v) is 2.28. The minimum atomic E-state index is -0.633. The maximum Gasteiger partial charge on any atom is 0.292 e. The average molecular weight is 377 g/mol. The highest BCUT2D eigenvalue weighted by Crippen LogP contribution is 2.27. The summed E-state index contributed by atoms with van der Waals surface area (Å²) in [5.41, 5.74) is 0.205. The van der Waals surface area contributed by atoms with Gasteiger partial charge in [-0.3, -0.25) is 14.9 Å². The number of nitrogens with one attached hydrogen (secondary N) is 1. The van der Waals surface area contributed by atoms with Crippen LogP contribution in [0.15, 0.2) is 42.5 Å². The molecule has 11 heteroatoms. The summed E-state index contributed by atoms with van der Waals surface area (Å²) < 4.78 is 12.9. The molecule has 0 radical (unpaired) electrons. The number of halogens is 2. The molecule has 0 unspecified atom stereocenters. The highest BCUT2D eigenvalue weighted by molar-refractivity contribution is 6.31. The van der Waals surface area contributed by atoms with Gasteiger partial charge >= 0.3 is 0 Å². The van der Waals surface area contributed by atoms with E-state index < -0.39 is 16.6 Å². The van der Waals surface area contributed by atoms with Gasteiger partial charge in [-0.05, 0) is 41.6 Å². The molecule has 26 heavy (non-hydrogen) atoms. The minimum absolute atomic E-state index is 0.0358. The quantitative estimate of drug-likeness (QED) is 0.540. The molecule has 9 nitrogen and oxygen atoms in total. The molecule has 1 aromatic heterocycles. The van der Waals surface area contributed by atoms with Crippen molar-refractivity contribution in [3.8, 4) is 11.4 Å². The topological polar surface area (TPSA) is 116 Å². The zero-order valence-corrected chi connectivity index (χ0v) is 13.7. The molecule has 0 aliphatic heterocycles. The number of rotatable bonds is 5. The number of carbonyl (C=O) groups is 1. The van der Waals surface area contributed by atoms with Gasteiger partial charge in [-0.2, -0.15) is 4.80 Å². The van der Waals surface area contributed by atoms with Gasteiger partial charge in [0, 0.05) is 16.7 Å². The van der Waals surface area contributed by atoms with Gasteiger partial charge in [0.1, 0.15) is 18.0 Å². The molecule has 0 bridgehead atoms. The Morgan fingerprint density at radius 3 is 2.69 bits per heavy atom. The molecular weight excluding hydrogens is 367 g/mol. The zero-order chi connectivity index (χ0) is 18.7.